The Morgan fingerprint density at radius 2 is 2.00 bits per heavy atom. The SMILES string of the molecule is CCS(=O)(=O)NC1CCC(NC(=O)O[C@@H]2CCN(c3cn[nH]c(=O)c3Cl)C2)CC1. The van der Waals surface area contributed by atoms with Gasteiger partial charge in [0, 0.05) is 25.0 Å². The van der Waals surface area contributed by atoms with E-state index in [-0.39, 0.29) is 29.0 Å². The first-order valence-electron chi connectivity index (χ1n) is 9.72. The molecule has 2 heterocycles. The molecule has 3 N–H and O–H groups in total. The minimum absolute atomic E-state index is 0.0336. The summed E-state index contributed by atoms with van der Waals surface area (Å²) in [5.74, 6) is 0.0640. The summed E-state index contributed by atoms with van der Waals surface area (Å²) in [6.07, 6.45) is 4.06. The van der Waals surface area contributed by atoms with Gasteiger partial charge in [-0.05, 0) is 32.6 Å². The van der Waals surface area contributed by atoms with Crippen LogP contribution in [0.2, 0.25) is 5.02 Å². The Labute approximate surface area is 174 Å². The molecule has 1 aliphatic carbocycles. The van der Waals surface area contributed by atoms with E-state index in [1.807, 2.05) is 4.90 Å². The van der Waals surface area contributed by atoms with E-state index in [1.54, 1.807) is 6.92 Å². The van der Waals surface area contributed by atoms with E-state index in [2.05, 4.69) is 20.2 Å². The molecule has 1 amide bonds. The minimum Gasteiger partial charge on any atom is -0.444 e. The average molecular weight is 448 g/mol. The number of ether oxygens (including phenoxy) is 1. The molecular formula is C17H26ClN5O5S. The van der Waals surface area contributed by atoms with Crippen LogP contribution in [-0.2, 0) is 14.8 Å². The molecular weight excluding hydrogens is 422 g/mol. The number of hydrogen-bond donors (Lipinski definition) is 3. The third-order valence-electron chi connectivity index (χ3n) is 5.31. The minimum atomic E-state index is -3.21. The number of rotatable bonds is 6. The molecule has 1 aromatic heterocycles. The van der Waals surface area contributed by atoms with Gasteiger partial charge in [0.15, 0.2) is 0 Å². The first-order chi connectivity index (χ1) is 13.8. The normalized spacial score (nSPS) is 25.0. The molecule has 2 fully saturated rings. The largest absolute Gasteiger partial charge is 0.444 e. The zero-order chi connectivity index (χ0) is 21.0. The van der Waals surface area contributed by atoms with Gasteiger partial charge >= 0.3 is 6.09 Å². The van der Waals surface area contributed by atoms with Crippen LogP contribution in [0.4, 0.5) is 10.5 Å². The quantitative estimate of drug-likeness (QED) is 0.591. The van der Waals surface area contributed by atoms with Crippen molar-refractivity contribution in [3.8, 4) is 0 Å². The van der Waals surface area contributed by atoms with Gasteiger partial charge in [-0.15, -0.1) is 0 Å². The second-order valence-corrected chi connectivity index (χ2v) is 9.80. The first kappa shape index (κ1) is 21.8. The highest BCUT2D eigenvalue weighted by molar-refractivity contribution is 7.89. The fourth-order valence-corrected chi connectivity index (χ4v) is 4.80. The van der Waals surface area contributed by atoms with Gasteiger partial charge in [-0.2, -0.15) is 5.10 Å². The molecule has 0 spiro atoms. The number of amides is 1. The molecule has 0 aromatic carbocycles. The van der Waals surface area contributed by atoms with E-state index >= 15 is 0 Å². The molecule has 10 nitrogen and oxygen atoms in total. The summed E-state index contributed by atoms with van der Waals surface area (Å²) >= 11 is 6.03. The average Bonchev–Trinajstić information content (AvgIpc) is 3.13. The molecule has 0 radical (unpaired) electrons. The first-order valence-corrected chi connectivity index (χ1v) is 11.8. The highest BCUT2D eigenvalue weighted by Gasteiger charge is 2.30. The molecule has 12 heteroatoms. The van der Waals surface area contributed by atoms with Gasteiger partial charge in [0.05, 0.1) is 24.2 Å². The monoisotopic (exact) mass is 447 g/mol. The predicted octanol–water partition coefficient (Wildman–Crippen LogP) is 0.979. The number of aromatic amines is 1. The smallest absolute Gasteiger partial charge is 0.407 e. The molecule has 0 unspecified atom stereocenters. The van der Waals surface area contributed by atoms with Gasteiger partial charge < -0.3 is 15.0 Å². The highest BCUT2D eigenvalue weighted by atomic mass is 35.5. The number of sulfonamides is 1. The zero-order valence-electron chi connectivity index (χ0n) is 16.2. The van der Waals surface area contributed by atoms with E-state index in [4.69, 9.17) is 16.3 Å². The van der Waals surface area contributed by atoms with Crippen LogP contribution in [-0.4, -0.2) is 61.7 Å². The van der Waals surface area contributed by atoms with Crippen molar-refractivity contribution in [2.75, 3.05) is 23.7 Å². The summed E-state index contributed by atoms with van der Waals surface area (Å²) in [5.41, 5.74) is 0.0675. The van der Waals surface area contributed by atoms with Crippen LogP contribution in [0.15, 0.2) is 11.0 Å². The lowest BCUT2D eigenvalue weighted by Gasteiger charge is -2.29. The second kappa shape index (κ2) is 9.31. The lowest BCUT2D eigenvalue weighted by atomic mass is 9.92. The summed E-state index contributed by atoms with van der Waals surface area (Å²) in [7, 11) is -3.21. The molecule has 1 saturated carbocycles. The number of carbonyl (C=O) groups is 1. The molecule has 3 rings (SSSR count). The van der Waals surface area contributed by atoms with Crippen LogP contribution in [0.5, 0.6) is 0 Å². The van der Waals surface area contributed by atoms with Crippen molar-refractivity contribution in [1.29, 1.82) is 0 Å². The summed E-state index contributed by atoms with van der Waals surface area (Å²) in [6.45, 7) is 2.64. The van der Waals surface area contributed by atoms with Gasteiger partial charge in [0.2, 0.25) is 10.0 Å². The number of H-pyrrole nitrogens is 1. The highest BCUT2D eigenvalue weighted by Crippen LogP contribution is 2.26. The number of carbonyl (C=O) groups excluding carboxylic acids is 1. The van der Waals surface area contributed by atoms with Gasteiger partial charge in [0.1, 0.15) is 11.1 Å². The maximum absolute atomic E-state index is 12.2. The number of halogens is 1. The van der Waals surface area contributed by atoms with Gasteiger partial charge in [0.25, 0.3) is 5.56 Å². The number of alkyl carbamates (subject to hydrolysis) is 1. The Bertz CT molecular complexity index is 884. The van der Waals surface area contributed by atoms with Crippen molar-refractivity contribution in [2.45, 2.75) is 57.2 Å². The maximum Gasteiger partial charge on any atom is 0.407 e. The maximum atomic E-state index is 12.2. The number of nitrogens with zero attached hydrogens (tertiary/aromatic N) is 2. The van der Waals surface area contributed by atoms with Crippen LogP contribution >= 0.6 is 11.6 Å². The molecule has 1 aromatic rings. The van der Waals surface area contributed by atoms with Crippen LogP contribution in [0.1, 0.15) is 39.0 Å². The molecule has 1 aliphatic heterocycles. The van der Waals surface area contributed by atoms with E-state index < -0.39 is 21.7 Å². The Morgan fingerprint density at radius 1 is 1.31 bits per heavy atom. The second-order valence-electron chi connectivity index (χ2n) is 7.37. The molecule has 2 aliphatic rings. The van der Waals surface area contributed by atoms with E-state index in [0.29, 0.717) is 50.9 Å². The Balaban J connectivity index is 1.43. The van der Waals surface area contributed by atoms with E-state index in [9.17, 15) is 18.0 Å². The summed E-state index contributed by atoms with van der Waals surface area (Å²) in [4.78, 5) is 25.7. The lowest BCUT2D eigenvalue weighted by Crippen LogP contribution is -2.44. The molecule has 162 valence electrons. The van der Waals surface area contributed by atoms with Crippen LogP contribution < -0.4 is 20.5 Å². The van der Waals surface area contributed by atoms with Crippen molar-refractivity contribution in [2.24, 2.45) is 0 Å². The number of hydrogen-bond acceptors (Lipinski definition) is 7. The fourth-order valence-electron chi connectivity index (χ4n) is 3.68. The standard InChI is InChI=1S/C17H26ClN5O5S/c1-2-29(26,27)22-12-5-3-11(4-6-12)20-17(25)28-13-7-8-23(10-13)14-9-19-21-16(24)15(14)18/h9,11-13,22H,2-8,10H2,1H3,(H,20,25)(H,21,24)/t11?,12?,13-/m1/s1. The van der Waals surface area contributed by atoms with Crippen molar-refractivity contribution >= 4 is 33.4 Å². The summed E-state index contributed by atoms with van der Waals surface area (Å²) < 4.78 is 31.5. The third kappa shape index (κ3) is 5.83. The summed E-state index contributed by atoms with van der Waals surface area (Å²) in [6, 6.07) is -0.112. The third-order valence-corrected chi connectivity index (χ3v) is 7.13. The van der Waals surface area contributed by atoms with E-state index in [0.717, 1.165) is 0 Å². The van der Waals surface area contributed by atoms with Gasteiger partial charge in [-0.25, -0.2) is 23.0 Å². The van der Waals surface area contributed by atoms with Crippen LogP contribution in [0.3, 0.4) is 0 Å². The number of nitrogens with one attached hydrogen (secondary N) is 3. The summed E-state index contributed by atoms with van der Waals surface area (Å²) in [5, 5.41) is 8.97. The number of aromatic nitrogens is 2. The van der Waals surface area contributed by atoms with Crippen molar-refractivity contribution in [1.82, 2.24) is 20.2 Å². The van der Waals surface area contributed by atoms with Crippen molar-refractivity contribution in [3.05, 3.63) is 21.6 Å². The van der Waals surface area contributed by atoms with Crippen molar-refractivity contribution < 1.29 is 17.9 Å². The number of anilines is 1. The Kier molecular flexibility index (Phi) is 7.01. The van der Waals surface area contributed by atoms with Crippen molar-refractivity contribution in [3.63, 3.8) is 0 Å². The molecule has 0 bridgehead atoms. The molecule has 29 heavy (non-hydrogen) atoms. The molecule has 1 saturated heterocycles. The lowest BCUT2D eigenvalue weighted by molar-refractivity contribution is 0.102. The zero-order valence-corrected chi connectivity index (χ0v) is 17.8. The Morgan fingerprint density at radius 3 is 2.69 bits per heavy atom. The van der Waals surface area contributed by atoms with E-state index in [1.165, 1.54) is 6.20 Å². The van der Waals surface area contributed by atoms with Crippen LogP contribution in [0, 0.1) is 0 Å². The van der Waals surface area contributed by atoms with Crippen LogP contribution in [0.25, 0.3) is 0 Å². The topological polar surface area (TPSA) is 133 Å². The van der Waals surface area contributed by atoms with Gasteiger partial charge in [-0.3, -0.25) is 4.79 Å². The fraction of sp³-hybridized carbons (Fsp3) is 0.706. The predicted molar refractivity (Wildman–Crippen MR) is 109 cm³/mol. The Hall–Kier alpha value is -1.85. The van der Waals surface area contributed by atoms with Gasteiger partial charge in [-0.1, -0.05) is 11.6 Å². The molecule has 1 atom stereocenters.